The third-order valence-corrected chi connectivity index (χ3v) is 3.03. The number of carbonyl (C=O) groups is 2. The summed E-state index contributed by atoms with van der Waals surface area (Å²) in [6.07, 6.45) is 1.45. The lowest BCUT2D eigenvalue weighted by atomic mass is 10.2. The summed E-state index contributed by atoms with van der Waals surface area (Å²) in [4.78, 5) is 23.2. The molecule has 0 aliphatic heterocycles. The zero-order valence-corrected chi connectivity index (χ0v) is 13.6. The van der Waals surface area contributed by atoms with Crippen LogP contribution in [0.1, 0.15) is 22.8 Å². The molecule has 2 aromatic rings. The minimum atomic E-state index is -0.426. The number of hydrogen-bond donors (Lipinski definition) is 2. The van der Waals surface area contributed by atoms with Crippen molar-refractivity contribution >= 4 is 18.1 Å². The van der Waals surface area contributed by atoms with Gasteiger partial charge in [0.15, 0.2) is 6.61 Å². The van der Waals surface area contributed by atoms with Crippen molar-refractivity contribution in [2.45, 2.75) is 6.92 Å². The quantitative estimate of drug-likeness (QED) is 0.456. The maximum atomic E-state index is 11.7. The van der Waals surface area contributed by atoms with Crippen molar-refractivity contribution in [1.29, 1.82) is 0 Å². The Bertz CT molecular complexity index is 739. The molecule has 0 heterocycles. The van der Waals surface area contributed by atoms with Crippen LogP contribution in [-0.2, 0) is 9.53 Å². The Labute approximate surface area is 144 Å². The summed E-state index contributed by atoms with van der Waals surface area (Å²) < 4.78 is 10.2. The number of benzene rings is 2. The average molecular weight is 342 g/mol. The molecule has 25 heavy (non-hydrogen) atoms. The second-order valence-corrected chi connectivity index (χ2v) is 4.92. The number of hydrogen-bond acceptors (Lipinski definition) is 6. The van der Waals surface area contributed by atoms with E-state index in [1.54, 1.807) is 43.3 Å². The van der Waals surface area contributed by atoms with E-state index in [2.05, 4.69) is 10.5 Å². The van der Waals surface area contributed by atoms with Crippen molar-refractivity contribution in [3.05, 3.63) is 59.7 Å². The van der Waals surface area contributed by atoms with Gasteiger partial charge in [-0.3, -0.25) is 4.79 Å². The van der Waals surface area contributed by atoms with Gasteiger partial charge in [0, 0.05) is 0 Å². The fourth-order valence-electron chi connectivity index (χ4n) is 1.82. The molecule has 2 aromatic carbocycles. The number of phenolic OH excluding ortho intramolecular Hbond substituents is 1. The highest BCUT2D eigenvalue weighted by atomic mass is 16.5. The van der Waals surface area contributed by atoms with Crippen molar-refractivity contribution in [3.8, 4) is 11.5 Å². The maximum absolute atomic E-state index is 11.7. The largest absolute Gasteiger partial charge is 0.508 e. The number of nitrogens with one attached hydrogen (secondary N) is 1. The van der Waals surface area contributed by atoms with Crippen molar-refractivity contribution in [2.75, 3.05) is 13.2 Å². The van der Waals surface area contributed by atoms with Crippen LogP contribution in [0.25, 0.3) is 0 Å². The molecule has 130 valence electrons. The van der Waals surface area contributed by atoms with Crippen LogP contribution in [0.4, 0.5) is 0 Å². The number of aromatic hydroxyl groups is 1. The van der Waals surface area contributed by atoms with Crippen LogP contribution in [0.2, 0.25) is 0 Å². The first-order chi connectivity index (χ1) is 12.1. The molecule has 1 amide bonds. The van der Waals surface area contributed by atoms with E-state index in [1.165, 1.54) is 18.3 Å². The fourth-order valence-corrected chi connectivity index (χ4v) is 1.82. The van der Waals surface area contributed by atoms with Gasteiger partial charge in [-0.2, -0.15) is 5.10 Å². The Morgan fingerprint density at radius 1 is 1.12 bits per heavy atom. The Balaban J connectivity index is 1.77. The van der Waals surface area contributed by atoms with Gasteiger partial charge in [-0.05, 0) is 61.0 Å². The highest BCUT2D eigenvalue weighted by Crippen LogP contribution is 2.13. The molecule has 0 spiro atoms. The first-order valence-corrected chi connectivity index (χ1v) is 7.59. The number of phenols is 1. The predicted octanol–water partition coefficient (Wildman–Crippen LogP) is 2.10. The van der Waals surface area contributed by atoms with Gasteiger partial charge in [-0.15, -0.1) is 0 Å². The molecule has 7 heteroatoms. The van der Waals surface area contributed by atoms with E-state index in [4.69, 9.17) is 14.6 Å². The lowest BCUT2D eigenvalue weighted by Crippen LogP contribution is -2.24. The van der Waals surface area contributed by atoms with Crippen molar-refractivity contribution in [2.24, 2.45) is 5.10 Å². The van der Waals surface area contributed by atoms with Gasteiger partial charge in [-0.25, -0.2) is 10.2 Å². The predicted molar refractivity (Wildman–Crippen MR) is 91.7 cm³/mol. The summed E-state index contributed by atoms with van der Waals surface area (Å²) >= 11 is 0. The second-order valence-electron chi connectivity index (χ2n) is 4.92. The molecule has 7 nitrogen and oxygen atoms in total. The number of rotatable bonds is 7. The van der Waals surface area contributed by atoms with Crippen molar-refractivity contribution in [1.82, 2.24) is 5.43 Å². The number of nitrogens with zero attached hydrogens (tertiary/aromatic N) is 1. The standard InChI is InChI=1S/C18H18N2O5/c1-2-24-18(23)14-5-9-16(10-6-14)25-12-17(22)20-19-11-13-3-7-15(21)8-4-13/h3-11,21H,2,12H2,1H3,(H,20,22)/b19-11+. The first kappa shape index (κ1) is 18.0. The molecular formula is C18H18N2O5. The van der Waals surface area contributed by atoms with Crippen LogP contribution in [0.3, 0.4) is 0 Å². The highest BCUT2D eigenvalue weighted by molar-refractivity contribution is 5.89. The summed E-state index contributed by atoms with van der Waals surface area (Å²) in [6, 6.07) is 12.7. The van der Waals surface area contributed by atoms with Gasteiger partial charge in [0.05, 0.1) is 18.4 Å². The Morgan fingerprint density at radius 2 is 1.80 bits per heavy atom. The first-order valence-electron chi connectivity index (χ1n) is 7.59. The molecule has 0 saturated heterocycles. The third-order valence-electron chi connectivity index (χ3n) is 3.03. The smallest absolute Gasteiger partial charge is 0.338 e. The van der Waals surface area contributed by atoms with Gasteiger partial charge in [0.25, 0.3) is 5.91 Å². The van der Waals surface area contributed by atoms with E-state index in [0.717, 1.165) is 5.56 Å². The lowest BCUT2D eigenvalue weighted by molar-refractivity contribution is -0.123. The summed E-state index contributed by atoms with van der Waals surface area (Å²) in [5, 5.41) is 13.0. The van der Waals surface area contributed by atoms with Crippen LogP contribution in [0.15, 0.2) is 53.6 Å². The number of amides is 1. The van der Waals surface area contributed by atoms with Crippen LogP contribution in [-0.4, -0.2) is 36.4 Å². The molecule has 0 fully saturated rings. The molecule has 2 rings (SSSR count). The number of carbonyl (C=O) groups excluding carboxylic acids is 2. The molecular weight excluding hydrogens is 324 g/mol. The Kier molecular flexibility index (Phi) is 6.53. The van der Waals surface area contributed by atoms with Crippen LogP contribution < -0.4 is 10.2 Å². The number of ether oxygens (including phenoxy) is 2. The van der Waals surface area contributed by atoms with Crippen LogP contribution in [0, 0.1) is 0 Å². The van der Waals surface area contributed by atoms with E-state index in [0.29, 0.717) is 17.9 Å². The van der Waals surface area contributed by atoms with E-state index in [1.807, 2.05) is 0 Å². The molecule has 0 aliphatic carbocycles. The van der Waals surface area contributed by atoms with E-state index < -0.39 is 11.9 Å². The summed E-state index contributed by atoms with van der Waals surface area (Å²) in [5.74, 6) is -0.228. The minimum absolute atomic E-state index is 0.156. The maximum Gasteiger partial charge on any atom is 0.338 e. The Morgan fingerprint density at radius 3 is 2.44 bits per heavy atom. The SMILES string of the molecule is CCOC(=O)c1ccc(OCC(=O)N/N=C/c2ccc(O)cc2)cc1. The molecule has 0 bridgehead atoms. The van der Waals surface area contributed by atoms with Gasteiger partial charge in [0.1, 0.15) is 11.5 Å². The van der Waals surface area contributed by atoms with Crippen LogP contribution in [0.5, 0.6) is 11.5 Å². The molecule has 0 saturated carbocycles. The van der Waals surface area contributed by atoms with Gasteiger partial charge in [-0.1, -0.05) is 0 Å². The Hall–Kier alpha value is -3.35. The normalized spacial score (nSPS) is 10.4. The molecule has 2 N–H and O–H groups in total. The summed E-state index contributed by atoms with van der Waals surface area (Å²) in [6.45, 7) is 1.83. The molecule has 0 radical (unpaired) electrons. The van der Waals surface area contributed by atoms with Gasteiger partial charge < -0.3 is 14.6 Å². The fraction of sp³-hybridized carbons (Fsp3) is 0.167. The van der Waals surface area contributed by atoms with E-state index >= 15 is 0 Å². The topological polar surface area (TPSA) is 97.2 Å². The van der Waals surface area contributed by atoms with E-state index in [9.17, 15) is 9.59 Å². The zero-order chi connectivity index (χ0) is 18.1. The molecule has 0 aromatic heterocycles. The van der Waals surface area contributed by atoms with Crippen molar-refractivity contribution in [3.63, 3.8) is 0 Å². The monoisotopic (exact) mass is 342 g/mol. The van der Waals surface area contributed by atoms with Gasteiger partial charge in [0.2, 0.25) is 0 Å². The van der Waals surface area contributed by atoms with E-state index in [-0.39, 0.29) is 12.4 Å². The highest BCUT2D eigenvalue weighted by Gasteiger charge is 2.07. The number of hydrazone groups is 1. The number of esters is 1. The molecule has 0 unspecified atom stereocenters. The minimum Gasteiger partial charge on any atom is -0.508 e. The summed E-state index contributed by atoms with van der Waals surface area (Å²) in [7, 11) is 0. The van der Waals surface area contributed by atoms with Crippen molar-refractivity contribution < 1.29 is 24.2 Å². The zero-order valence-electron chi connectivity index (χ0n) is 13.6. The molecule has 0 aliphatic rings. The second kappa shape index (κ2) is 9.07. The van der Waals surface area contributed by atoms with Gasteiger partial charge >= 0.3 is 5.97 Å². The lowest BCUT2D eigenvalue weighted by Gasteiger charge is -2.06. The average Bonchev–Trinajstić information content (AvgIpc) is 2.62. The summed E-state index contributed by atoms with van der Waals surface area (Å²) in [5.41, 5.74) is 3.48. The van der Waals surface area contributed by atoms with Crippen LogP contribution >= 0.6 is 0 Å². The third kappa shape index (κ3) is 5.98. The molecule has 0 atom stereocenters.